The predicted molar refractivity (Wildman–Crippen MR) is 192 cm³/mol. The first kappa shape index (κ1) is 35.5. The van der Waals surface area contributed by atoms with Gasteiger partial charge in [-0.15, -0.1) is 15.3 Å². The lowest BCUT2D eigenvalue weighted by atomic mass is 9.93. The lowest BCUT2D eigenvalue weighted by Crippen LogP contribution is -2.53. The second kappa shape index (κ2) is 16.2. The number of hydrogen-bond acceptors (Lipinski definition) is 12. The Morgan fingerprint density at radius 1 is 0.885 bits per heavy atom. The van der Waals surface area contributed by atoms with E-state index in [1.807, 2.05) is 12.1 Å². The quantitative estimate of drug-likeness (QED) is 0.330. The van der Waals surface area contributed by atoms with Gasteiger partial charge in [0.25, 0.3) is 5.91 Å². The van der Waals surface area contributed by atoms with Crippen LogP contribution in [0.25, 0.3) is 0 Å². The molecule has 4 aliphatic rings. The molecule has 1 aromatic carbocycles. The lowest BCUT2D eigenvalue weighted by molar-refractivity contribution is -0.120. The molecule has 3 saturated heterocycles. The van der Waals surface area contributed by atoms with Gasteiger partial charge in [-0.2, -0.15) is 10.4 Å². The molecule has 16 heteroatoms. The highest BCUT2D eigenvalue weighted by atomic mass is 35.5. The molecule has 0 bridgehead atoms. The number of aromatic nitrogens is 4. The molecule has 7 rings (SSSR count). The van der Waals surface area contributed by atoms with E-state index in [1.54, 1.807) is 30.3 Å². The first-order valence-electron chi connectivity index (χ1n) is 18.0. The van der Waals surface area contributed by atoms with E-state index in [-0.39, 0.29) is 30.4 Å². The number of carbonyl (C=O) groups excluding carboxylic acids is 3. The zero-order valence-electron chi connectivity index (χ0n) is 28.9. The van der Waals surface area contributed by atoms with Crippen LogP contribution < -0.4 is 25.2 Å². The topological polar surface area (TPSA) is 173 Å². The Labute approximate surface area is 307 Å². The molecular formula is C36H42ClN11O4. The number of benzene rings is 1. The summed E-state index contributed by atoms with van der Waals surface area (Å²) in [6.45, 7) is 6.64. The zero-order chi connectivity index (χ0) is 36.0. The molecule has 15 nitrogen and oxygen atoms in total. The molecule has 0 atom stereocenters. The van der Waals surface area contributed by atoms with Crippen LogP contribution in [0.1, 0.15) is 66.7 Å². The largest absolute Gasteiger partial charge is 0.490 e. The number of rotatable bonds is 9. The molecule has 272 valence electrons. The molecule has 4 amide bonds. The van der Waals surface area contributed by atoms with Gasteiger partial charge in [0.15, 0.2) is 17.3 Å². The van der Waals surface area contributed by atoms with Gasteiger partial charge in [-0.3, -0.25) is 29.6 Å². The van der Waals surface area contributed by atoms with Crippen LogP contribution in [0, 0.1) is 11.3 Å². The third-order valence-electron chi connectivity index (χ3n) is 10.4. The summed E-state index contributed by atoms with van der Waals surface area (Å²) >= 11 is 6.14. The highest BCUT2D eigenvalue weighted by Crippen LogP contribution is 2.28. The van der Waals surface area contributed by atoms with Gasteiger partial charge in [-0.25, -0.2) is 4.79 Å². The van der Waals surface area contributed by atoms with E-state index in [9.17, 15) is 14.4 Å². The summed E-state index contributed by atoms with van der Waals surface area (Å²) in [5, 5.41) is 32.2. The number of carbonyl (C=O) groups is 3. The summed E-state index contributed by atoms with van der Waals surface area (Å²) in [6, 6.07) is 14.6. The Morgan fingerprint density at radius 2 is 1.63 bits per heavy atom. The van der Waals surface area contributed by atoms with Gasteiger partial charge < -0.3 is 15.0 Å². The highest BCUT2D eigenvalue weighted by Gasteiger charge is 2.30. The maximum atomic E-state index is 13.0. The number of imide groups is 1. The van der Waals surface area contributed by atoms with Crippen molar-refractivity contribution in [2.75, 3.05) is 55.6 Å². The van der Waals surface area contributed by atoms with Gasteiger partial charge in [0, 0.05) is 76.9 Å². The smallest absolute Gasteiger partial charge is 0.329 e. The fraction of sp³-hybridized carbons (Fsp3) is 0.500. The molecule has 1 saturated carbocycles. The lowest BCUT2D eigenvalue weighted by Gasteiger charge is -2.42. The fourth-order valence-electron chi connectivity index (χ4n) is 7.39. The van der Waals surface area contributed by atoms with Gasteiger partial charge in [-0.1, -0.05) is 11.6 Å². The number of piperazine rings is 1. The first-order chi connectivity index (χ1) is 25.3. The zero-order valence-corrected chi connectivity index (χ0v) is 29.7. The minimum atomic E-state index is -0.460. The molecule has 4 fully saturated rings. The van der Waals surface area contributed by atoms with Crippen molar-refractivity contribution in [2.45, 2.75) is 69.7 Å². The number of ether oxygens (including phenoxy) is 1. The first-order valence-corrected chi connectivity index (χ1v) is 18.4. The monoisotopic (exact) mass is 727 g/mol. The Kier molecular flexibility index (Phi) is 11.0. The van der Waals surface area contributed by atoms with Crippen LogP contribution in [0.4, 0.5) is 16.4 Å². The summed E-state index contributed by atoms with van der Waals surface area (Å²) in [5.41, 5.74) is 1.59. The highest BCUT2D eigenvalue weighted by molar-refractivity contribution is 6.31. The van der Waals surface area contributed by atoms with Crippen LogP contribution in [0.2, 0.25) is 5.02 Å². The molecule has 0 spiro atoms. The van der Waals surface area contributed by atoms with Crippen molar-refractivity contribution in [1.82, 2.24) is 40.8 Å². The third kappa shape index (κ3) is 8.58. The Hall–Kier alpha value is -4.91. The fourth-order valence-corrected chi connectivity index (χ4v) is 7.60. The van der Waals surface area contributed by atoms with Gasteiger partial charge in [0.05, 0.1) is 22.4 Å². The SMILES string of the molecule is N#Cc1ccc(OC2CCC(NC(=O)c3ccc(N4CCC(N5CCN(Cc6ccc(N7CCC(=O)NC7=O)nn6)CC5)CC4)nn3)CC2)cc1Cl. The number of hydrogen-bond donors (Lipinski definition) is 2. The summed E-state index contributed by atoms with van der Waals surface area (Å²) in [4.78, 5) is 45.1. The summed E-state index contributed by atoms with van der Waals surface area (Å²) in [5.74, 6) is 1.40. The van der Waals surface area contributed by atoms with E-state index in [0.717, 1.165) is 89.3 Å². The van der Waals surface area contributed by atoms with Gasteiger partial charge >= 0.3 is 6.03 Å². The summed E-state index contributed by atoms with van der Waals surface area (Å²) in [6.07, 6.45) is 5.56. The minimum Gasteiger partial charge on any atom is -0.490 e. The van der Waals surface area contributed by atoms with Crippen molar-refractivity contribution in [2.24, 2.45) is 0 Å². The second-order valence-electron chi connectivity index (χ2n) is 13.8. The number of halogens is 1. The van der Waals surface area contributed by atoms with Crippen LogP contribution in [-0.2, 0) is 11.3 Å². The number of urea groups is 1. The average Bonchev–Trinajstić information content (AvgIpc) is 3.17. The van der Waals surface area contributed by atoms with Crippen molar-refractivity contribution in [3.8, 4) is 11.8 Å². The Morgan fingerprint density at radius 3 is 2.29 bits per heavy atom. The number of nitrogens with one attached hydrogen (secondary N) is 2. The normalized spacial score (nSPS) is 22.1. The number of nitriles is 1. The van der Waals surface area contributed by atoms with Crippen LogP contribution in [0.5, 0.6) is 5.75 Å². The number of piperidine rings is 1. The van der Waals surface area contributed by atoms with Crippen LogP contribution in [0.3, 0.4) is 0 Å². The molecular weight excluding hydrogens is 686 g/mol. The van der Waals surface area contributed by atoms with E-state index >= 15 is 0 Å². The molecule has 3 aromatic rings. The van der Waals surface area contributed by atoms with Crippen LogP contribution in [0.15, 0.2) is 42.5 Å². The molecule has 0 radical (unpaired) electrons. The van der Waals surface area contributed by atoms with Gasteiger partial charge in [0.2, 0.25) is 5.91 Å². The number of anilines is 2. The Balaban J connectivity index is 0.803. The van der Waals surface area contributed by atoms with E-state index in [0.29, 0.717) is 47.0 Å². The second-order valence-corrected chi connectivity index (χ2v) is 14.2. The van der Waals surface area contributed by atoms with Crippen molar-refractivity contribution < 1.29 is 19.1 Å². The van der Waals surface area contributed by atoms with Crippen molar-refractivity contribution in [3.05, 3.63) is 64.4 Å². The average molecular weight is 728 g/mol. The maximum absolute atomic E-state index is 13.0. The third-order valence-corrected chi connectivity index (χ3v) is 10.7. The van der Waals surface area contributed by atoms with Crippen molar-refractivity contribution >= 4 is 41.1 Å². The Bertz CT molecular complexity index is 1780. The maximum Gasteiger partial charge on any atom is 0.329 e. The van der Waals surface area contributed by atoms with E-state index in [1.165, 1.54) is 4.90 Å². The summed E-state index contributed by atoms with van der Waals surface area (Å²) in [7, 11) is 0. The number of nitrogens with zero attached hydrogens (tertiary/aromatic N) is 9. The minimum absolute atomic E-state index is 0.0315. The molecule has 1 aliphatic carbocycles. The molecule has 2 N–H and O–H groups in total. The molecule has 0 unspecified atom stereocenters. The molecule has 5 heterocycles. The van der Waals surface area contributed by atoms with Crippen molar-refractivity contribution in [1.29, 1.82) is 5.26 Å². The molecule has 3 aliphatic heterocycles. The van der Waals surface area contributed by atoms with Gasteiger partial charge in [-0.05, 0) is 74.9 Å². The van der Waals surface area contributed by atoms with Crippen molar-refractivity contribution in [3.63, 3.8) is 0 Å². The van der Waals surface area contributed by atoms with E-state index in [2.05, 4.69) is 51.8 Å². The van der Waals surface area contributed by atoms with Gasteiger partial charge in [0.1, 0.15) is 11.8 Å². The predicted octanol–water partition coefficient (Wildman–Crippen LogP) is 3.14. The van der Waals surface area contributed by atoms with Crippen LogP contribution >= 0.6 is 11.6 Å². The standard InChI is InChI=1S/C36H42ClN11O4/c37-30-21-29(5-1-24(30)22-38)52-28-6-2-25(3-7-28)39-35(50)31-8-10-32(43-42-31)47-14-11-27(12-15-47)46-19-17-45(18-20-46)23-26-4-9-33(44-41-26)48-16-13-34(49)40-36(48)51/h1,4-5,8-10,21,25,27-28H,2-3,6-7,11-20,23H2,(H,39,50)(H,40,49,51). The summed E-state index contributed by atoms with van der Waals surface area (Å²) < 4.78 is 6.07. The van der Waals surface area contributed by atoms with E-state index in [4.69, 9.17) is 21.6 Å². The van der Waals surface area contributed by atoms with E-state index < -0.39 is 6.03 Å². The van der Waals surface area contributed by atoms with Crippen LogP contribution in [-0.4, -0.2) is 112 Å². The molecule has 2 aromatic heterocycles. The molecule has 52 heavy (non-hydrogen) atoms. The number of amides is 4.